The molecular formula is C20H37IN4O. The molecule has 1 rings (SSSR count). The van der Waals surface area contributed by atoms with E-state index < -0.39 is 0 Å². The van der Waals surface area contributed by atoms with E-state index in [2.05, 4.69) is 65.7 Å². The molecule has 2 N–H and O–H groups in total. The van der Waals surface area contributed by atoms with Gasteiger partial charge in [0, 0.05) is 45.9 Å². The summed E-state index contributed by atoms with van der Waals surface area (Å²) in [6.07, 6.45) is 2.15. The number of hydrogen-bond donors (Lipinski definition) is 2. The molecule has 1 aromatic carbocycles. The van der Waals surface area contributed by atoms with Gasteiger partial charge in [0.15, 0.2) is 5.96 Å². The summed E-state index contributed by atoms with van der Waals surface area (Å²) in [6, 6.07) is 9.14. The Morgan fingerprint density at radius 2 is 1.85 bits per heavy atom. The van der Waals surface area contributed by atoms with Crippen LogP contribution in [0.3, 0.4) is 0 Å². The van der Waals surface area contributed by atoms with Crippen molar-refractivity contribution in [2.45, 2.75) is 52.7 Å². The number of rotatable bonds is 11. The molecule has 150 valence electrons. The predicted molar refractivity (Wildman–Crippen MR) is 122 cm³/mol. The van der Waals surface area contributed by atoms with Crippen LogP contribution in [0.4, 0.5) is 0 Å². The van der Waals surface area contributed by atoms with Crippen molar-refractivity contribution in [3.05, 3.63) is 35.4 Å². The van der Waals surface area contributed by atoms with Crippen molar-refractivity contribution in [1.29, 1.82) is 0 Å². The van der Waals surface area contributed by atoms with Crippen molar-refractivity contribution in [3.63, 3.8) is 0 Å². The van der Waals surface area contributed by atoms with Crippen molar-refractivity contribution in [3.8, 4) is 0 Å². The Balaban J connectivity index is 0.00000625. The quantitative estimate of drug-likeness (QED) is 0.222. The van der Waals surface area contributed by atoms with E-state index in [0.717, 1.165) is 51.6 Å². The third-order valence-electron chi connectivity index (χ3n) is 4.30. The zero-order valence-corrected chi connectivity index (χ0v) is 19.4. The second kappa shape index (κ2) is 15.2. The van der Waals surface area contributed by atoms with Gasteiger partial charge in [0.05, 0.1) is 0 Å². The van der Waals surface area contributed by atoms with E-state index in [1.54, 1.807) is 0 Å². The molecule has 0 atom stereocenters. The van der Waals surface area contributed by atoms with Gasteiger partial charge in [0.25, 0.3) is 0 Å². The van der Waals surface area contributed by atoms with Gasteiger partial charge in [-0.05, 0) is 51.8 Å². The van der Waals surface area contributed by atoms with Crippen LogP contribution in [0.1, 0.15) is 44.7 Å². The van der Waals surface area contributed by atoms with Crippen LogP contribution in [0.2, 0.25) is 0 Å². The van der Waals surface area contributed by atoms with Gasteiger partial charge in [0.2, 0.25) is 0 Å². The summed E-state index contributed by atoms with van der Waals surface area (Å²) in [5.74, 6) is 0.850. The van der Waals surface area contributed by atoms with Crippen LogP contribution in [0.25, 0.3) is 0 Å². The molecule has 0 aliphatic carbocycles. The van der Waals surface area contributed by atoms with Crippen molar-refractivity contribution in [2.24, 2.45) is 4.99 Å². The van der Waals surface area contributed by atoms with Crippen molar-refractivity contribution in [1.82, 2.24) is 15.5 Å². The van der Waals surface area contributed by atoms with E-state index in [9.17, 15) is 0 Å². The molecule has 0 radical (unpaired) electrons. The summed E-state index contributed by atoms with van der Waals surface area (Å²) in [5, 5.41) is 6.79. The van der Waals surface area contributed by atoms with E-state index in [-0.39, 0.29) is 24.0 Å². The second-order valence-corrected chi connectivity index (χ2v) is 6.53. The minimum Gasteiger partial charge on any atom is -0.382 e. The number of halogens is 1. The lowest BCUT2D eigenvalue weighted by Gasteiger charge is -2.23. The van der Waals surface area contributed by atoms with Crippen LogP contribution in [0.5, 0.6) is 0 Å². The zero-order valence-electron chi connectivity index (χ0n) is 17.0. The summed E-state index contributed by atoms with van der Waals surface area (Å²) in [6.45, 7) is 10.7. The number of guanidine groups is 1. The van der Waals surface area contributed by atoms with Gasteiger partial charge in [-0.3, -0.25) is 9.89 Å². The molecule has 0 fully saturated rings. The summed E-state index contributed by atoms with van der Waals surface area (Å²) < 4.78 is 5.36. The molecule has 0 heterocycles. The Labute approximate surface area is 177 Å². The van der Waals surface area contributed by atoms with E-state index in [4.69, 9.17) is 4.74 Å². The number of ether oxygens (including phenoxy) is 1. The number of unbranched alkanes of at least 4 members (excludes halogenated alkanes) is 1. The van der Waals surface area contributed by atoms with Gasteiger partial charge in [-0.2, -0.15) is 0 Å². The SMILES string of the molecule is CCOCCCCNC(=NC)NCc1ccccc1CN(C)C(C)C.I. The molecular weight excluding hydrogens is 439 g/mol. The van der Waals surface area contributed by atoms with E-state index in [1.807, 2.05) is 14.0 Å². The smallest absolute Gasteiger partial charge is 0.191 e. The fourth-order valence-corrected chi connectivity index (χ4v) is 2.42. The van der Waals surface area contributed by atoms with Gasteiger partial charge in [-0.25, -0.2) is 0 Å². The lowest BCUT2D eigenvalue weighted by Crippen LogP contribution is -2.37. The van der Waals surface area contributed by atoms with Crippen molar-refractivity contribution < 1.29 is 4.74 Å². The van der Waals surface area contributed by atoms with E-state index >= 15 is 0 Å². The average Bonchev–Trinajstić information content (AvgIpc) is 2.61. The molecule has 5 nitrogen and oxygen atoms in total. The molecule has 0 aromatic heterocycles. The highest BCUT2D eigenvalue weighted by atomic mass is 127. The van der Waals surface area contributed by atoms with Crippen molar-refractivity contribution >= 4 is 29.9 Å². The molecule has 26 heavy (non-hydrogen) atoms. The molecule has 0 aliphatic heterocycles. The molecule has 0 spiro atoms. The van der Waals surface area contributed by atoms with Crippen LogP contribution >= 0.6 is 24.0 Å². The van der Waals surface area contributed by atoms with Gasteiger partial charge in [-0.1, -0.05) is 24.3 Å². The lowest BCUT2D eigenvalue weighted by atomic mass is 10.1. The van der Waals surface area contributed by atoms with Gasteiger partial charge in [-0.15, -0.1) is 24.0 Å². The predicted octanol–water partition coefficient (Wildman–Crippen LogP) is 3.63. The molecule has 0 unspecified atom stereocenters. The summed E-state index contributed by atoms with van der Waals surface area (Å²) in [4.78, 5) is 6.66. The largest absolute Gasteiger partial charge is 0.382 e. The number of benzene rings is 1. The number of nitrogens with zero attached hydrogens (tertiary/aromatic N) is 2. The maximum atomic E-state index is 5.36. The zero-order chi connectivity index (χ0) is 18.5. The molecule has 1 aromatic rings. The first-order valence-electron chi connectivity index (χ1n) is 9.37. The molecule has 0 saturated heterocycles. The average molecular weight is 476 g/mol. The Morgan fingerprint density at radius 3 is 2.46 bits per heavy atom. The topological polar surface area (TPSA) is 48.9 Å². The molecule has 0 aliphatic rings. The molecule has 0 bridgehead atoms. The molecule has 0 saturated carbocycles. The minimum absolute atomic E-state index is 0. The fourth-order valence-electron chi connectivity index (χ4n) is 2.42. The highest BCUT2D eigenvalue weighted by molar-refractivity contribution is 14.0. The standard InChI is InChI=1S/C20H36N4O.HI/c1-6-25-14-10-9-13-22-20(21-4)23-15-18-11-7-8-12-19(18)16-24(5)17(2)3;/h7-8,11-12,17H,6,9-10,13-16H2,1-5H3,(H2,21,22,23);1H. The monoisotopic (exact) mass is 476 g/mol. The van der Waals surface area contributed by atoms with Crippen LogP contribution in [-0.4, -0.2) is 50.8 Å². The third-order valence-corrected chi connectivity index (χ3v) is 4.30. The highest BCUT2D eigenvalue weighted by Gasteiger charge is 2.08. The van der Waals surface area contributed by atoms with Crippen LogP contribution in [-0.2, 0) is 17.8 Å². The second-order valence-electron chi connectivity index (χ2n) is 6.53. The fraction of sp³-hybridized carbons (Fsp3) is 0.650. The summed E-state index contributed by atoms with van der Waals surface area (Å²) in [7, 11) is 3.98. The maximum Gasteiger partial charge on any atom is 0.191 e. The highest BCUT2D eigenvalue weighted by Crippen LogP contribution is 2.12. The first-order chi connectivity index (χ1) is 12.1. The van der Waals surface area contributed by atoms with Gasteiger partial charge in [0.1, 0.15) is 0 Å². The Hall–Kier alpha value is -0.860. The van der Waals surface area contributed by atoms with E-state index in [1.165, 1.54) is 11.1 Å². The van der Waals surface area contributed by atoms with Crippen LogP contribution in [0, 0.1) is 0 Å². The maximum absolute atomic E-state index is 5.36. The summed E-state index contributed by atoms with van der Waals surface area (Å²) in [5.41, 5.74) is 2.67. The van der Waals surface area contributed by atoms with Gasteiger partial charge >= 0.3 is 0 Å². The first-order valence-corrected chi connectivity index (χ1v) is 9.37. The lowest BCUT2D eigenvalue weighted by molar-refractivity contribution is 0.143. The number of aliphatic imine (C=N–C) groups is 1. The van der Waals surface area contributed by atoms with E-state index in [0.29, 0.717) is 6.04 Å². The van der Waals surface area contributed by atoms with Crippen LogP contribution < -0.4 is 10.6 Å². The Morgan fingerprint density at radius 1 is 1.15 bits per heavy atom. The normalized spacial score (nSPS) is 11.6. The van der Waals surface area contributed by atoms with Crippen LogP contribution in [0.15, 0.2) is 29.3 Å². The Bertz CT molecular complexity index is 508. The molecule has 6 heteroatoms. The van der Waals surface area contributed by atoms with Crippen molar-refractivity contribution in [2.75, 3.05) is 33.9 Å². The first kappa shape index (κ1) is 25.1. The summed E-state index contributed by atoms with van der Waals surface area (Å²) >= 11 is 0. The number of hydrogen-bond acceptors (Lipinski definition) is 3. The molecule has 0 amide bonds. The Kier molecular flexibility index (Phi) is 14.7. The van der Waals surface area contributed by atoms with Gasteiger partial charge < -0.3 is 15.4 Å². The third kappa shape index (κ3) is 10.3. The minimum atomic E-state index is 0. The number of nitrogens with one attached hydrogen (secondary N) is 2.